The molecule has 5 heteroatoms. The van der Waals surface area contributed by atoms with E-state index in [1.807, 2.05) is 0 Å². The average molecular weight is 230 g/mol. The van der Waals surface area contributed by atoms with E-state index in [0.717, 1.165) is 39.1 Å². The van der Waals surface area contributed by atoms with E-state index in [1.54, 1.807) is 0 Å². The third kappa shape index (κ3) is 9.73. The minimum Gasteiger partial charge on any atom is -0.381 e. The second-order valence-electron chi connectivity index (χ2n) is 4.12. The summed E-state index contributed by atoms with van der Waals surface area (Å²) >= 11 is 0. The van der Waals surface area contributed by atoms with E-state index in [1.165, 1.54) is 0 Å². The Morgan fingerprint density at radius 1 is 1.44 bits per heavy atom. The highest BCUT2D eigenvalue weighted by atomic mass is 16.5. The standard InChI is InChI=1S/C11H26N4O/c1-4-6-13-11(15-12)14-7-5-8-16-9-10(2)3/h10H,4-9,12H2,1-3H3,(H2,13,14,15). The van der Waals surface area contributed by atoms with E-state index < -0.39 is 0 Å². The zero-order chi connectivity index (χ0) is 12.2. The molecule has 0 amide bonds. The lowest BCUT2D eigenvalue weighted by atomic mass is 10.2. The number of nitrogens with one attached hydrogen (secondary N) is 2. The third-order valence-electron chi connectivity index (χ3n) is 1.84. The minimum atomic E-state index is 0.598. The van der Waals surface area contributed by atoms with E-state index in [-0.39, 0.29) is 0 Å². The predicted octanol–water partition coefficient (Wildman–Crippen LogP) is 0.868. The Labute approximate surface area is 98.8 Å². The molecule has 0 saturated carbocycles. The van der Waals surface area contributed by atoms with Crippen molar-refractivity contribution in [3.63, 3.8) is 0 Å². The van der Waals surface area contributed by atoms with Crippen LogP contribution in [0.4, 0.5) is 0 Å². The lowest BCUT2D eigenvalue weighted by molar-refractivity contribution is 0.108. The molecule has 0 aliphatic heterocycles. The van der Waals surface area contributed by atoms with Crippen molar-refractivity contribution in [2.45, 2.75) is 33.6 Å². The van der Waals surface area contributed by atoms with Gasteiger partial charge in [0.1, 0.15) is 0 Å². The number of nitrogens with two attached hydrogens (primary N) is 1. The molecule has 0 saturated heterocycles. The molecule has 0 aromatic heterocycles. The number of hydrogen-bond acceptors (Lipinski definition) is 3. The van der Waals surface area contributed by atoms with E-state index in [9.17, 15) is 0 Å². The zero-order valence-electron chi connectivity index (χ0n) is 10.8. The van der Waals surface area contributed by atoms with Crippen LogP contribution in [-0.4, -0.2) is 32.3 Å². The number of hydrazine groups is 1. The minimum absolute atomic E-state index is 0.598. The van der Waals surface area contributed by atoms with Gasteiger partial charge in [-0.05, 0) is 18.8 Å². The molecule has 0 rings (SSSR count). The molecule has 0 aliphatic rings. The SMILES string of the molecule is CCCN=C(NN)NCCCOCC(C)C. The van der Waals surface area contributed by atoms with Gasteiger partial charge in [0, 0.05) is 26.3 Å². The highest BCUT2D eigenvalue weighted by Crippen LogP contribution is 1.92. The number of ether oxygens (including phenoxy) is 1. The number of aliphatic imine (C=N–C) groups is 1. The van der Waals surface area contributed by atoms with Gasteiger partial charge in [-0.3, -0.25) is 10.4 Å². The highest BCUT2D eigenvalue weighted by Gasteiger charge is 1.96. The van der Waals surface area contributed by atoms with Gasteiger partial charge in [0.25, 0.3) is 0 Å². The van der Waals surface area contributed by atoms with Crippen LogP contribution in [-0.2, 0) is 4.74 Å². The summed E-state index contributed by atoms with van der Waals surface area (Å²) in [6.45, 7) is 9.58. The number of rotatable bonds is 8. The first kappa shape index (κ1) is 15.2. The van der Waals surface area contributed by atoms with Crippen molar-refractivity contribution in [3.05, 3.63) is 0 Å². The summed E-state index contributed by atoms with van der Waals surface area (Å²) < 4.78 is 5.46. The van der Waals surface area contributed by atoms with Crippen molar-refractivity contribution < 1.29 is 4.74 Å². The topological polar surface area (TPSA) is 71.7 Å². The summed E-state index contributed by atoms with van der Waals surface area (Å²) in [5.74, 6) is 6.58. The molecule has 0 radical (unpaired) electrons. The monoisotopic (exact) mass is 230 g/mol. The van der Waals surface area contributed by atoms with Gasteiger partial charge in [0.05, 0.1) is 0 Å². The van der Waals surface area contributed by atoms with Gasteiger partial charge in [-0.25, -0.2) is 5.84 Å². The highest BCUT2D eigenvalue weighted by molar-refractivity contribution is 5.79. The molecule has 0 fully saturated rings. The Bertz CT molecular complexity index is 183. The Morgan fingerprint density at radius 3 is 2.75 bits per heavy atom. The molecule has 0 aliphatic carbocycles. The molecule has 0 atom stereocenters. The first-order valence-corrected chi connectivity index (χ1v) is 6.03. The molecular formula is C11H26N4O. The van der Waals surface area contributed by atoms with Crippen LogP contribution < -0.4 is 16.6 Å². The van der Waals surface area contributed by atoms with Gasteiger partial charge in [-0.1, -0.05) is 20.8 Å². The van der Waals surface area contributed by atoms with Crippen LogP contribution in [0.25, 0.3) is 0 Å². The van der Waals surface area contributed by atoms with E-state index in [2.05, 4.69) is 36.5 Å². The molecular weight excluding hydrogens is 204 g/mol. The molecule has 5 nitrogen and oxygen atoms in total. The summed E-state index contributed by atoms with van der Waals surface area (Å²) in [6, 6.07) is 0. The Morgan fingerprint density at radius 2 is 2.19 bits per heavy atom. The molecule has 4 N–H and O–H groups in total. The van der Waals surface area contributed by atoms with Crippen LogP contribution in [0.5, 0.6) is 0 Å². The third-order valence-corrected chi connectivity index (χ3v) is 1.84. The van der Waals surface area contributed by atoms with Crippen molar-refractivity contribution >= 4 is 5.96 Å². The maximum atomic E-state index is 5.46. The maximum Gasteiger partial charge on any atom is 0.205 e. The Hall–Kier alpha value is -0.810. The second-order valence-corrected chi connectivity index (χ2v) is 4.12. The van der Waals surface area contributed by atoms with Gasteiger partial charge >= 0.3 is 0 Å². The van der Waals surface area contributed by atoms with Gasteiger partial charge in [0.2, 0.25) is 5.96 Å². The first-order chi connectivity index (χ1) is 7.70. The van der Waals surface area contributed by atoms with Crippen molar-refractivity contribution in [2.75, 3.05) is 26.3 Å². The first-order valence-electron chi connectivity index (χ1n) is 6.03. The summed E-state index contributed by atoms with van der Waals surface area (Å²) in [4.78, 5) is 4.24. The fraction of sp³-hybridized carbons (Fsp3) is 0.909. The zero-order valence-corrected chi connectivity index (χ0v) is 10.8. The maximum absolute atomic E-state index is 5.46. The summed E-state index contributed by atoms with van der Waals surface area (Å²) in [7, 11) is 0. The number of guanidine groups is 1. The van der Waals surface area contributed by atoms with Gasteiger partial charge in [-0.2, -0.15) is 0 Å². The second kappa shape index (κ2) is 10.7. The van der Waals surface area contributed by atoms with Crippen molar-refractivity contribution in [1.29, 1.82) is 0 Å². The molecule has 96 valence electrons. The van der Waals surface area contributed by atoms with Gasteiger partial charge in [0.15, 0.2) is 0 Å². The van der Waals surface area contributed by atoms with Crippen molar-refractivity contribution in [2.24, 2.45) is 16.8 Å². The molecule has 0 aromatic rings. The Balaban J connectivity index is 3.41. The van der Waals surface area contributed by atoms with E-state index in [0.29, 0.717) is 11.9 Å². The normalized spacial score (nSPS) is 11.9. The van der Waals surface area contributed by atoms with Gasteiger partial charge < -0.3 is 10.1 Å². The molecule has 0 heterocycles. The van der Waals surface area contributed by atoms with Crippen LogP contribution >= 0.6 is 0 Å². The fourth-order valence-corrected chi connectivity index (χ4v) is 1.08. The summed E-state index contributed by atoms with van der Waals surface area (Å²) in [6.07, 6.45) is 1.98. The lowest BCUT2D eigenvalue weighted by Crippen LogP contribution is -2.42. The molecule has 0 aromatic carbocycles. The van der Waals surface area contributed by atoms with Gasteiger partial charge in [-0.15, -0.1) is 0 Å². The van der Waals surface area contributed by atoms with E-state index >= 15 is 0 Å². The molecule has 0 spiro atoms. The van der Waals surface area contributed by atoms with Crippen LogP contribution in [0, 0.1) is 5.92 Å². The average Bonchev–Trinajstić information content (AvgIpc) is 2.26. The smallest absolute Gasteiger partial charge is 0.205 e. The van der Waals surface area contributed by atoms with Crippen LogP contribution in [0.2, 0.25) is 0 Å². The summed E-state index contributed by atoms with van der Waals surface area (Å²) in [5, 5.41) is 3.13. The van der Waals surface area contributed by atoms with Crippen molar-refractivity contribution in [3.8, 4) is 0 Å². The van der Waals surface area contributed by atoms with Crippen LogP contribution in [0.15, 0.2) is 4.99 Å². The predicted molar refractivity (Wildman–Crippen MR) is 68.2 cm³/mol. The molecule has 0 unspecified atom stereocenters. The summed E-state index contributed by atoms with van der Waals surface area (Å²) in [5.41, 5.74) is 2.54. The quantitative estimate of drug-likeness (QED) is 0.190. The van der Waals surface area contributed by atoms with Crippen LogP contribution in [0.3, 0.4) is 0 Å². The molecule has 16 heavy (non-hydrogen) atoms. The van der Waals surface area contributed by atoms with E-state index in [4.69, 9.17) is 10.6 Å². The molecule has 0 bridgehead atoms. The van der Waals surface area contributed by atoms with Crippen LogP contribution in [0.1, 0.15) is 33.6 Å². The van der Waals surface area contributed by atoms with Crippen molar-refractivity contribution in [1.82, 2.24) is 10.7 Å². The Kier molecular flexibility index (Phi) is 10.2. The number of nitrogens with zero attached hydrogens (tertiary/aromatic N) is 1. The number of hydrogen-bond donors (Lipinski definition) is 3. The largest absolute Gasteiger partial charge is 0.381 e. The fourth-order valence-electron chi connectivity index (χ4n) is 1.08. The lowest BCUT2D eigenvalue weighted by Gasteiger charge is -2.10.